The highest BCUT2D eigenvalue weighted by Crippen LogP contribution is 2.13. The van der Waals surface area contributed by atoms with Gasteiger partial charge in [-0.1, -0.05) is 6.07 Å². The molecule has 4 heteroatoms. The van der Waals surface area contributed by atoms with E-state index in [-0.39, 0.29) is 18.2 Å². The van der Waals surface area contributed by atoms with Gasteiger partial charge >= 0.3 is 0 Å². The topological polar surface area (TPSA) is 38.0 Å². The standard InChI is InChI=1S/C7H9FN2.ClH/c1-5-2-3-6(8)7(4-5)10-9;/h2-4,10H,9H2,1H3;1H. The summed E-state index contributed by atoms with van der Waals surface area (Å²) in [5.74, 6) is 4.70. The zero-order valence-corrected chi connectivity index (χ0v) is 6.91. The lowest BCUT2D eigenvalue weighted by Gasteiger charge is -2.01. The number of hydrazine groups is 1. The second-order valence-electron chi connectivity index (χ2n) is 2.13. The Balaban J connectivity index is 0.000001000. The molecule has 11 heavy (non-hydrogen) atoms. The molecule has 3 N–H and O–H groups in total. The third-order valence-electron chi connectivity index (χ3n) is 1.28. The summed E-state index contributed by atoms with van der Waals surface area (Å²) < 4.78 is 12.6. The van der Waals surface area contributed by atoms with Crippen LogP contribution in [0, 0.1) is 12.7 Å². The summed E-state index contributed by atoms with van der Waals surface area (Å²) in [6, 6.07) is 4.72. The van der Waals surface area contributed by atoms with Gasteiger partial charge in [-0.05, 0) is 24.6 Å². The summed E-state index contributed by atoms with van der Waals surface area (Å²) in [5, 5.41) is 0. The molecule has 0 amide bonds. The van der Waals surface area contributed by atoms with Crippen LogP contribution in [0.4, 0.5) is 10.1 Å². The van der Waals surface area contributed by atoms with Gasteiger partial charge in [-0.3, -0.25) is 5.84 Å². The molecule has 1 aromatic carbocycles. The highest BCUT2D eigenvalue weighted by atomic mass is 35.5. The van der Waals surface area contributed by atoms with E-state index in [0.717, 1.165) is 5.56 Å². The largest absolute Gasteiger partial charge is 0.321 e. The van der Waals surface area contributed by atoms with E-state index in [1.165, 1.54) is 6.07 Å². The Bertz CT molecular complexity index is 240. The Labute approximate surface area is 71.0 Å². The molecule has 0 aliphatic carbocycles. The van der Waals surface area contributed by atoms with Gasteiger partial charge in [0.15, 0.2) is 0 Å². The van der Waals surface area contributed by atoms with Gasteiger partial charge in [-0.15, -0.1) is 12.4 Å². The Hall–Kier alpha value is -0.800. The van der Waals surface area contributed by atoms with Crippen molar-refractivity contribution in [3.63, 3.8) is 0 Å². The van der Waals surface area contributed by atoms with Crippen molar-refractivity contribution in [2.45, 2.75) is 6.92 Å². The van der Waals surface area contributed by atoms with Crippen LogP contribution in [-0.2, 0) is 0 Å². The Morgan fingerprint density at radius 2 is 2.09 bits per heavy atom. The van der Waals surface area contributed by atoms with Crippen molar-refractivity contribution in [2.75, 3.05) is 5.43 Å². The summed E-state index contributed by atoms with van der Waals surface area (Å²) in [6.45, 7) is 1.88. The monoisotopic (exact) mass is 176 g/mol. The van der Waals surface area contributed by atoms with Crippen molar-refractivity contribution in [3.05, 3.63) is 29.6 Å². The minimum Gasteiger partial charge on any atom is -0.321 e. The number of benzene rings is 1. The highest BCUT2D eigenvalue weighted by Gasteiger charge is 1.97. The number of nitrogens with one attached hydrogen (secondary N) is 1. The Morgan fingerprint density at radius 3 is 2.55 bits per heavy atom. The van der Waals surface area contributed by atoms with Gasteiger partial charge in [0.05, 0.1) is 5.69 Å². The van der Waals surface area contributed by atoms with Crippen LogP contribution in [0.5, 0.6) is 0 Å². The molecule has 2 nitrogen and oxygen atoms in total. The van der Waals surface area contributed by atoms with Crippen molar-refractivity contribution in [3.8, 4) is 0 Å². The molecule has 0 bridgehead atoms. The van der Waals surface area contributed by atoms with Crippen LogP contribution in [0.2, 0.25) is 0 Å². The number of hydrogen-bond acceptors (Lipinski definition) is 2. The van der Waals surface area contributed by atoms with Crippen LogP contribution < -0.4 is 11.3 Å². The first-order valence-electron chi connectivity index (χ1n) is 2.97. The van der Waals surface area contributed by atoms with E-state index >= 15 is 0 Å². The minimum atomic E-state index is -0.326. The van der Waals surface area contributed by atoms with Crippen LogP contribution in [-0.4, -0.2) is 0 Å². The van der Waals surface area contributed by atoms with Gasteiger partial charge in [-0.2, -0.15) is 0 Å². The zero-order valence-electron chi connectivity index (χ0n) is 6.10. The molecule has 0 aliphatic heterocycles. The molecule has 0 saturated heterocycles. The lowest BCUT2D eigenvalue weighted by molar-refractivity contribution is 0.630. The number of hydrogen-bond donors (Lipinski definition) is 2. The van der Waals surface area contributed by atoms with Crippen LogP contribution in [0.15, 0.2) is 18.2 Å². The predicted octanol–water partition coefficient (Wildman–Crippen LogP) is 1.84. The Kier molecular flexibility index (Phi) is 3.85. The number of nitrogens with two attached hydrogens (primary N) is 1. The number of halogens is 2. The number of rotatable bonds is 1. The maximum atomic E-state index is 12.6. The summed E-state index contributed by atoms with van der Waals surface area (Å²) in [5.41, 5.74) is 3.58. The molecule has 0 atom stereocenters. The lowest BCUT2D eigenvalue weighted by atomic mass is 10.2. The average Bonchev–Trinajstić information content (AvgIpc) is 1.94. The van der Waals surface area contributed by atoms with Gasteiger partial charge in [0.2, 0.25) is 0 Å². The molecular weight excluding hydrogens is 167 g/mol. The van der Waals surface area contributed by atoms with Gasteiger partial charge in [0, 0.05) is 0 Å². The first-order chi connectivity index (χ1) is 4.74. The molecule has 0 spiro atoms. The van der Waals surface area contributed by atoms with E-state index in [1.54, 1.807) is 12.1 Å². The van der Waals surface area contributed by atoms with Crippen molar-refractivity contribution in [1.29, 1.82) is 0 Å². The quantitative estimate of drug-likeness (QED) is 0.506. The third kappa shape index (κ3) is 2.37. The fourth-order valence-corrected chi connectivity index (χ4v) is 0.750. The van der Waals surface area contributed by atoms with E-state index in [0.29, 0.717) is 5.69 Å². The summed E-state index contributed by atoms with van der Waals surface area (Å²) in [4.78, 5) is 0. The van der Waals surface area contributed by atoms with Crippen LogP contribution in [0.25, 0.3) is 0 Å². The fraction of sp³-hybridized carbons (Fsp3) is 0.143. The summed E-state index contributed by atoms with van der Waals surface area (Å²) >= 11 is 0. The Morgan fingerprint density at radius 1 is 1.45 bits per heavy atom. The van der Waals surface area contributed by atoms with Crippen LogP contribution >= 0.6 is 12.4 Å². The van der Waals surface area contributed by atoms with Crippen LogP contribution in [0.3, 0.4) is 0 Å². The molecule has 0 aromatic heterocycles. The number of aryl methyl sites for hydroxylation is 1. The average molecular weight is 177 g/mol. The van der Waals surface area contributed by atoms with Crippen molar-refractivity contribution in [2.24, 2.45) is 5.84 Å². The summed E-state index contributed by atoms with van der Waals surface area (Å²) in [6.07, 6.45) is 0. The van der Waals surface area contributed by atoms with Gasteiger partial charge in [0.25, 0.3) is 0 Å². The first kappa shape index (κ1) is 10.2. The third-order valence-corrected chi connectivity index (χ3v) is 1.28. The van der Waals surface area contributed by atoms with E-state index in [9.17, 15) is 4.39 Å². The maximum absolute atomic E-state index is 12.6. The van der Waals surface area contributed by atoms with Crippen LogP contribution in [0.1, 0.15) is 5.56 Å². The molecule has 0 aliphatic rings. The molecule has 0 saturated carbocycles. The van der Waals surface area contributed by atoms with Gasteiger partial charge in [0.1, 0.15) is 5.82 Å². The van der Waals surface area contributed by atoms with Crippen molar-refractivity contribution in [1.82, 2.24) is 0 Å². The maximum Gasteiger partial charge on any atom is 0.147 e. The van der Waals surface area contributed by atoms with E-state index in [2.05, 4.69) is 5.43 Å². The predicted molar refractivity (Wildman–Crippen MR) is 46.2 cm³/mol. The minimum absolute atomic E-state index is 0. The normalized spacial score (nSPS) is 8.64. The van der Waals surface area contributed by atoms with Gasteiger partial charge in [-0.25, -0.2) is 4.39 Å². The summed E-state index contributed by atoms with van der Waals surface area (Å²) in [7, 11) is 0. The SMILES string of the molecule is Cc1ccc(F)c(NN)c1.Cl. The molecule has 62 valence electrons. The number of nitrogen functional groups attached to an aromatic ring is 1. The molecule has 0 unspecified atom stereocenters. The van der Waals surface area contributed by atoms with Crippen molar-refractivity contribution < 1.29 is 4.39 Å². The molecule has 0 heterocycles. The van der Waals surface area contributed by atoms with Crippen molar-refractivity contribution >= 4 is 18.1 Å². The van der Waals surface area contributed by atoms with E-state index in [4.69, 9.17) is 5.84 Å². The smallest absolute Gasteiger partial charge is 0.147 e. The van der Waals surface area contributed by atoms with Gasteiger partial charge < -0.3 is 5.43 Å². The fourth-order valence-electron chi connectivity index (χ4n) is 0.750. The molecule has 0 radical (unpaired) electrons. The second-order valence-corrected chi connectivity index (χ2v) is 2.13. The van der Waals surface area contributed by atoms with E-state index in [1.807, 2.05) is 6.92 Å². The molecule has 1 rings (SSSR count). The lowest BCUT2D eigenvalue weighted by Crippen LogP contribution is -2.08. The second kappa shape index (κ2) is 4.16. The molecule has 1 aromatic rings. The van der Waals surface area contributed by atoms with E-state index < -0.39 is 0 Å². The highest BCUT2D eigenvalue weighted by molar-refractivity contribution is 5.85. The molecule has 0 fully saturated rings. The zero-order chi connectivity index (χ0) is 7.56. The molecular formula is C7H10ClFN2. The number of anilines is 1. The first-order valence-corrected chi connectivity index (χ1v) is 2.97.